The third-order valence-electron chi connectivity index (χ3n) is 4.76. The van der Waals surface area contributed by atoms with E-state index >= 15 is 0 Å². The average molecular weight is 341 g/mol. The smallest absolute Gasteiger partial charge is 0.225 e. The molecule has 0 unspecified atom stereocenters. The van der Waals surface area contributed by atoms with Gasteiger partial charge in [-0.15, -0.1) is 11.3 Å². The van der Waals surface area contributed by atoms with Gasteiger partial charge >= 0.3 is 0 Å². The second-order valence-corrected chi connectivity index (χ2v) is 7.24. The van der Waals surface area contributed by atoms with Gasteiger partial charge in [0.15, 0.2) is 5.78 Å². The first-order valence-electron chi connectivity index (χ1n) is 7.97. The number of Topliss-reactive ketones (excluding diaryl/α,β-unsaturated/α-hetero) is 1. The Morgan fingerprint density at radius 1 is 1.04 bits per heavy atom. The Bertz CT molecular complexity index is 841. The minimum absolute atomic E-state index is 0.0166. The molecule has 1 aliphatic heterocycles. The quantitative estimate of drug-likeness (QED) is 0.901. The molecule has 0 bridgehead atoms. The highest BCUT2D eigenvalue weighted by Crippen LogP contribution is 2.43. The molecule has 1 aliphatic carbocycles. The Hall–Kier alpha value is -2.27. The predicted octanol–water partition coefficient (Wildman–Crippen LogP) is 3.89. The van der Waals surface area contributed by atoms with E-state index in [9.17, 15) is 14.0 Å². The molecule has 0 saturated carbocycles. The number of ketones is 1. The largest absolute Gasteiger partial charge is 0.329 e. The van der Waals surface area contributed by atoms with Crippen molar-refractivity contribution >= 4 is 23.0 Å². The lowest BCUT2D eigenvalue weighted by atomic mass is 9.74. The van der Waals surface area contributed by atoms with E-state index in [-0.39, 0.29) is 29.8 Å². The summed E-state index contributed by atoms with van der Waals surface area (Å²) >= 11 is 1.62. The number of thiophene rings is 1. The van der Waals surface area contributed by atoms with Gasteiger partial charge in [-0.25, -0.2) is 4.39 Å². The first-order valence-corrected chi connectivity index (χ1v) is 8.85. The third-order valence-corrected chi connectivity index (χ3v) is 5.80. The van der Waals surface area contributed by atoms with Crippen molar-refractivity contribution in [2.75, 3.05) is 0 Å². The van der Waals surface area contributed by atoms with Crippen molar-refractivity contribution in [3.8, 4) is 0 Å². The molecular formula is C19H16FNO2S. The van der Waals surface area contributed by atoms with Crippen molar-refractivity contribution in [1.82, 2.24) is 5.32 Å². The maximum atomic E-state index is 14.2. The molecule has 1 aromatic carbocycles. The Kier molecular flexibility index (Phi) is 3.81. The van der Waals surface area contributed by atoms with Crippen LogP contribution in [0.25, 0.3) is 0 Å². The number of nitrogens with one attached hydrogen (secondary N) is 1. The molecule has 2 aromatic rings. The van der Waals surface area contributed by atoms with Crippen LogP contribution in [0.5, 0.6) is 0 Å². The molecule has 24 heavy (non-hydrogen) atoms. The molecular weight excluding hydrogens is 325 g/mol. The zero-order chi connectivity index (χ0) is 16.7. The van der Waals surface area contributed by atoms with Crippen molar-refractivity contribution in [1.29, 1.82) is 0 Å². The summed E-state index contributed by atoms with van der Waals surface area (Å²) in [5, 5.41) is 4.85. The summed E-state index contributed by atoms with van der Waals surface area (Å²) in [6.07, 6.45) is 1.16. The van der Waals surface area contributed by atoms with Gasteiger partial charge in [0, 0.05) is 40.8 Å². The summed E-state index contributed by atoms with van der Waals surface area (Å²) in [6.45, 7) is 0. The van der Waals surface area contributed by atoms with Crippen molar-refractivity contribution in [3.63, 3.8) is 0 Å². The Labute approximate surface area is 143 Å². The van der Waals surface area contributed by atoms with Crippen LogP contribution in [-0.4, -0.2) is 11.7 Å². The van der Waals surface area contributed by atoms with Gasteiger partial charge in [0.25, 0.3) is 0 Å². The fourth-order valence-corrected chi connectivity index (χ4v) is 4.54. The summed E-state index contributed by atoms with van der Waals surface area (Å²) in [4.78, 5) is 26.1. The van der Waals surface area contributed by atoms with E-state index in [1.54, 1.807) is 29.5 Å². The van der Waals surface area contributed by atoms with Gasteiger partial charge in [-0.2, -0.15) is 0 Å². The molecule has 1 amide bonds. The predicted molar refractivity (Wildman–Crippen MR) is 90.2 cm³/mol. The van der Waals surface area contributed by atoms with Crippen LogP contribution < -0.4 is 5.32 Å². The summed E-state index contributed by atoms with van der Waals surface area (Å²) < 4.78 is 14.2. The number of carbonyl (C=O) groups is 2. The molecule has 1 N–H and O–H groups in total. The van der Waals surface area contributed by atoms with Gasteiger partial charge in [0.2, 0.25) is 5.91 Å². The van der Waals surface area contributed by atoms with E-state index in [0.717, 1.165) is 4.88 Å². The third kappa shape index (κ3) is 2.59. The highest BCUT2D eigenvalue weighted by molar-refractivity contribution is 7.10. The normalized spacial score (nSPS) is 23.9. The number of benzene rings is 1. The zero-order valence-corrected chi connectivity index (χ0v) is 13.7. The van der Waals surface area contributed by atoms with Crippen LogP contribution in [0.4, 0.5) is 4.39 Å². The minimum atomic E-state index is -0.480. The number of hydrogen-bond acceptors (Lipinski definition) is 3. The molecule has 0 saturated heterocycles. The van der Waals surface area contributed by atoms with Gasteiger partial charge in [-0.3, -0.25) is 9.59 Å². The lowest BCUT2D eigenvalue weighted by Crippen LogP contribution is -2.38. The lowest BCUT2D eigenvalue weighted by Gasteiger charge is -2.34. The number of amides is 1. The van der Waals surface area contributed by atoms with E-state index in [1.165, 1.54) is 6.07 Å². The summed E-state index contributed by atoms with van der Waals surface area (Å²) in [5.41, 5.74) is 1.70. The van der Waals surface area contributed by atoms with Crippen LogP contribution >= 0.6 is 11.3 Å². The van der Waals surface area contributed by atoms with E-state index in [0.29, 0.717) is 29.7 Å². The number of carbonyl (C=O) groups excluding carboxylic acids is 2. The summed E-state index contributed by atoms with van der Waals surface area (Å²) in [6, 6.07) is 10.4. The first-order chi connectivity index (χ1) is 11.6. The average Bonchev–Trinajstić information content (AvgIpc) is 3.08. The molecule has 2 heterocycles. The van der Waals surface area contributed by atoms with Gasteiger partial charge in [-0.1, -0.05) is 24.3 Å². The van der Waals surface area contributed by atoms with Crippen LogP contribution in [0, 0.1) is 5.82 Å². The molecule has 0 fully saturated rings. The maximum absolute atomic E-state index is 14.2. The van der Waals surface area contributed by atoms with Crippen molar-refractivity contribution in [3.05, 3.63) is 69.3 Å². The fourth-order valence-electron chi connectivity index (χ4n) is 3.71. The Balaban J connectivity index is 1.76. The van der Waals surface area contributed by atoms with E-state index in [2.05, 4.69) is 5.32 Å². The minimum Gasteiger partial charge on any atom is -0.329 e. The summed E-state index contributed by atoms with van der Waals surface area (Å²) in [5.74, 6) is -0.885. The first kappa shape index (κ1) is 15.3. The van der Waals surface area contributed by atoms with Gasteiger partial charge in [-0.05, 0) is 29.5 Å². The number of rotatable bonds is 2. The molecule has 122 valence electrons. The van der Waals surface area contributed by atoms with Crippen molar-refractivity contribution in [2.45, 2.75) is 31.1 Å². The Morgan fingerprint density at radius 3 is 2.62 bits per heavy atom. The molecule has 1 aromatic heterocycles. The lowest BCUT2D eigenvalue weighted by molar-refractivity contribution is -0.122. The monoisotopic (exact) mass is 341 g/mol. The second-order valence-electron chi connectivity index (χ2n) is 6.26. The second kappa shape index (κ2) is 5.98. The topological polar surface area (TPSA) is 46.2 Å². The van der Waals surface area contributed by atoms with Crippen molar-refractivity contribution in [2.24, 2.45) is 0 Å². The molecule has 0 radical (unpaired) electrons. The molecule has 4 rings (SSSR count). The van der Waals surface area contributed by atoms with E-state index in [4.69, 9.17) is 0 Å². The summed E-state index contributed by atoms with van der Waals surface area (Å²) in [7, 11) is 0. The molecule has 2 atom stereocenters. The number of halogens is 1. The fraction of sp³-hybridized carbons (Fsp3) is 0.263. The van der Waals surface area contributed by atoms with E-state index in [1.807, 2.05) is 17.5 Å². The van der Waals surface area contributed by atoms with Gasteiger partial charge in [0.1, 0.15) is 5.82 Å². The van der Waals surface area contributed by atoms with Crippen LogP contribution in [0.1, 0.15) is 41.5 Å². The van der Waals surface area contributed by atoms with Crippen LogP contribution in [-0.2, 0) is 9.59 Å². The Morgan fingerprint density at radius 2 is 1.88 bits per heavy atom. The van der Waals surface area contributed by atoms with Crippen LogP contribution in [0.2, 0.25) is 0 Å². The molecule has 2 aliphatic rings. The number of allylic oxidation sites excluding steroid dienone is 2. The maximum Gasteiger partial charge on any atom is 0.225 e. The molecule has 5 heteroatoms. The highest BCUT2D eigenvalue weighted by atomic mass is 32.1. The SMILES string of the molecule is O=C1C[C@@H](c2ccccc2F)C2=C(C[C@H](c3cccs3)CC2=O)N1. The number of hydrogen-bond donors (Lipinski definition) is 1. The van der Waals surface area contributed by atoms with Crippen LogP contribution in [0.3, 0.4) is 0 Å². The molecule has 3 nitrogen and oxygen atoms in total. The van der Waals surface area contributed by atoms with Gasteiger partial charge in [0.05, 0.1) is 0 Å². The van der Waals surface area contributed by atoms with Gasteiger partial charge < -0.3 is 5.32 Å². The van der Waals surface area contributed by atoms with Crippen molar-refractivity contribution < 1.29 is 14.0 Å². The standard InChI is InChI=1S/C19H16FNO2S/c20-14-5-2-1-4-12(14)13-10-18(23)21-15-8-11(9-16(22)19(13)15)17-6-3-7-24-17/h1-7,11,13H,8-10H2,(H,21,23)/t11-,13-/m0/s1. The zero-order valence-electron chi connectivity index (χ0n) is 12.9. The highest BCUT2D eigenvalue weighted by Gasteiger charge is 2.39. The molecule has 0 spiro atoms. The van der Waals surface area contributed by atoms with Crippen LogP contribution in [0.15, 0.2) is 53.0 Å². The van der Waals surface area contributed by atoms with E-state index < -0.39 is 5.92 Å².